The molecule has 3 heteroatoms. The Kier molecular flexibility index (Phi) is 2.34. The largest absolute Gasteiger partial charge is 0.106 e. The molecule has 0 N–H and O–H groups in total. The highest BCUT2D eigenvalue weighted by atomic mass is 79.9. The van der Waals surface area contributed by atoms with Crippen LogP contribution in [-0.4, -0.2) is 9.52 Å². The van der Waals surface area contributed by atoms with Crippen LogP contribution in [0, 0.1) is 0 Å². The van der Waals surface area contributed by atoms with Crippen LogP contribution < -0.4 is 10.4 Å². The number of rotatable bonds is 0. The van der Waals surface area contributed by atoms with Crippen molar-refractivity contribution < 1.29 is 0 Å². The summed E-state index contributed by atoms with van der Waals surface area (Å²) in [5, 5.41) is 2.98. The molecule has 0 aromatic heterocycles. The zero-order chi connectivity index (χ0) is 10.4. The SMILES string of the molecule is Brc1ccc2c(c1Br)[SiH]c1ccccc1-2. The van der Waals surface area contributed by atoms with Crippen LogP contribution in [0.25, 0.3) is 11.1 Å². The van der Waals surface area contributed by atoms with Crippen molar-refractivity contribution in [2.45, 2.75) is 0 Å². The Morgan fingerprint density at radius 3 is 2.53 bits per heavy atom. The summed E-state index contributed by atoms with van der Waals surface area (Å²) in [5.74, 6) is 0. The number of hydrogen-bond acceptors (Lipinski definition) is 0. The normalized spacial score (nSPS) is 12.4. The summed E-state index contributed by atoms with van der Waals surface area (Å²) in [6.07, 6.45) is 0. The van der Waals surface area contributed by atoms with Crippen LogP contribution in [0.1, 0.15) is 0 Å². The van der Waals surface area contributed by atoms with Crippen LogP contribution in [0.4, 0.5) is 0 Å². The van der Waals surface area contributed by atoms with E-state index in [1.807, 2.05) is 0 Å². The molecule has 1 heterocycles. The summed E-state index contributed by atoms with van der Waals surface area (Å²) in [6.45, 7) is 0. The first-order chi connectivity index (χ1) is 7.27. The molecule has 0 amide bonds. The maximum Gasteiger partial charge on any atom is 0.106 e. The highest BCUT2D eigenvalue weighted by molar-refractivity contribution is 9.13. The van der Waals surface area contributed by atoms with E-state index >= 15 is 0 Å². The van der Waals surface area contributed by atoms with E-state index in [1.54, 1.807) is 0 Å². The van der Waals surface area contributed by atoms with Crippen LogP contribution >= 0.6 is 31.9 Å². The predicted octanol–water partition coefficient (Wildman–Crippen LogP) is 2.58. The Labute approximate surface area is 108 Å². The summed E-state index contributed by atoms with van der Waals surface area (Å²) in [7, 11) is 0.241. The Morgan fingerprint density at radius 1 is 0.867 bits per heavy atom. The topological polar surface area (TPSA) is 0 Å². The maximum atomic E-state index is 3.66. The van der Waals surface area contributed by atoms with Gasteiger partial charge < -0.3 is 0 Å². The second kappa shape index (κ2) is 3.58. The molecule has 0 bridgehead atoms. The first kappa shape index (κ1) is 9.82. The summed E-state index contributed by atoms with van der Waals surface area (Å²) < 4.78 is 2.38. The van der Waals surface area contributed by atoms with Gasteiger partial charge in [0.15, 0.2) is 0 Å². The van der Waals surface area contributed by atoms with Crippen molar-refractivity contribution in [3.05, 3.63) is 45.3 Å². The Balaban J connectivity index is 2.31. The van der Waals surface area contributed by atoms with E-state index < -0.39 is 0 Å². The van der Waals surface area contributed by atoms with Gasteiger partial charge >= 0.3 is 0 Å². The van der Waals surface area contributed by atoms with E-state index in [1.165, 1.54) is 26.0 Å². The third kappa shape index (κ3) is 1.45. The summed E-state index contributed by atoms with van der Waals surface area (Å²) in [6, 6.07) is 13.0. The fraction of sp³-hybridized carbons (Fsp3) is 0. The van der Waals surface area contributed by atoms with Gasteiger partial charge in [-0.25, -0.2) is 0 Å². The maximum absolute atomic E-state index is 3.66. The van der Waals surface area contributed by atoms with Gasteiger partial charge in [0.2, 0.25) is 0 Å². The minimum Gasteiger partial charge on any atom is -0.0626 e. The van der Waals surface area contributed by atoms with Gasteiger partial charge in [0.05, 0.1) is 0 Å². The summed E-state index contributed by atoms with van der Waals surface area (Å²) >= 11 is 7.22. The second-order valence-electron chi connectivity index (χ2n) is 3.55. The molecular weight excluding hydrogens is 332 g/mol. The predicted molar refractivity (Wildman–Crippen MR) is 73.7 cm³/mol. The molecule has 0 saturated heterocycles. The smallest absolute Gasteiger partial charge is 0.0626 e. The van der Waals surface area contributed by atoms with Crippen LogP contribution in [0.5, 0.6) is 0 Å². The lowest BCUT2D eigenvalue weighted by atomic mass is 10.1. The van der Waals surface area contributed by atoms with Gasteiger partial charge in [-0.3, -0.25) is 0 Å². The monoisotopic (exact) mass is 337 g/mol. The molecule has 2 aromatic rings. The molecule has 0 nitrogen and oxygen atoms in total. The van der Waals surface area contributed by atoms with E-state index in [4.69, 9.17) is 0 Å². The molecule has 1 aliphatic heterocycles. The van der Waals surface area contributed by atoms with Gasteiger partial charge in [0.25, 0.3) is 0 Å². The van der Waals surface area contributed by atoms with E-state index in [2.05, 4.69) is 68.3 Å². The zero-order valence-electron chi connectivity index (χ0n) is 7.80. The van der Waals surface area contributed by atoms with Gasteiger partial charge in [0, 0.05) is 8.95 Å². The molecule has 0 aliphatic carbocycles. The van der Waals surface area contributed by atoms with Crippen LogP contribution in [-0.2, 0) is 0 Å². The molecule has 15 heavy (non-hydrogen) atoms. The second-order valence-corrected chi connectivity index (χ2v) is 6.69. The minimum atomic E-state index is 0.241. The highest BCUT2D eigenvalue weighted by Gasteiger charge is 2.21. The third-order valence-electron chi connectivity index (χ3n) is 2.68. The molecule has 0 spiro atoms. The molecule has 0 fully saturated rings. The fourth-order valence-corrected chi connectivity index (χ4v) is 4.83. The molecule has 1 radical (unpaired) electrons. The average Bonchev–Trinajstić information content (AvgIpc) is 2.63. The van der Waals surface area contributed by atoms with E-state index in [0.717, 1.165) is 4.47 Å². The lowest BCUT2D eigenvalue weighted by Crippen LogP contribution is -2.21. The molecule has 0 atom stereocenters. The number of hydrogen-bond donors (Lipinski definition) is 0. The Hall–Kier alpha value is -0.383. The van der Waals surface area contributed by atoms with Crippen molar-refractivity contribution in [2.24, 2.45) is 0 Å². The van der Waals surface area contributed by atoms with E-state index in [9.17, 15) is 0 Å². The number of halogens is 2. The molecule has 0 saturated carbocycles. The zero-order valence-corrected chi connectivity index (χ0v) is 12.1. The van der Waals surface area contributed by atoms with Gasteiger partial charge in [0.1, 0.15) is 9.52 Å². The first-order valence-electron chi connectivity index (χ1n) is 4.69. The van der Waals surface area contributed by atoms with Crippen molar-refractivity contribution in [2.75, 3.05) is 0 Å². The van der Waals surface area contributed by atoms with Crippen LogP contribution in [0.2, 0.25) is 0 Å². The van der Waals surface area contributed by atoms with Crippen molar-refractivity contribution in [3.63, 3.8) is 0 Å². The van der Waals surface area contributed by atoms with Crippen LogP contribution in [0.15, 0.2) is 45.3 Å². The Morgan fingerprint density at radius 2 is 1.67 bits per heavy atom. The number of benzene rings is 2. The molecule has 0 unspecified atom stereocenters. The molecular formula is C12H7Br2Si. The molecule has 73 valence electrons. The first-order valence-corrected chi connectivity index (χ1v) is 7.43. The van der Waals surface area contributed by atoms with E-state index in [0.29, 0.717) is 0 Å². The molecule has 1 aliphatic rings. The van der Waals surface area contributed by atoms with Gasteiger partial charge in [-0.15, -0.1) is 0 Å². The minimum absolute atomic E-state index is 0.241. The van der Waals surface area contributed by atoms with Crippen molar-refractivity contribution in [1.29, 1.82) is 0 Å². The molecule has 3 rings (SSSR count). The van der Waals surface area contributed by atoms with Crippen LogP contribution in [0.3, 0.4) is 0 Å². The third-order valence-corrected chi connectivity index (χ3v) is 6.86. The van der Waals surface area contributed by atoms with Crippen molar-refractivity contribution >= 4 is 51.8 Å². The lowest BCUT2D eigenvalue weighted by Gasteiger charge is -2.04. The van der Waals surface area contributed by atoms with E-state index in [-0.39, 0.29) is 9.52 Å². The summed E-state index contributed by atoms with van der Waals surface area (Å²) in [4.78, 5) is 0. The lowest BCUT2D eigenvalue weighted by molar-refractivity contribution is 1.63. The highest BCUT2D eigenvalue weighted by Crippen LogP contribution is 2.28. The summed E-state index contributed by atoms with van der Waals surface area (Å²) in [5.41, 5.74) is 2.81. The van der Waals surface area contributed by atoms with Crippen molar-refractivity contribution in [1.82, 2.24) is 0 Å². The van der Waals surface area contributed by atoms with Gasteiger partial charge in [-0.1, -0.05) is 35.5 Å². The number of fused-ring (bicyclic) bond motifs is 3. The quantitative estimate of drug-likeness (QED) is 0.553. The standard InChI is InChI=1S/C12H7Br2Si/c13-9-6-5-8-7-3-1-2-4-10(7)15-12(8)11(9)14/h1-6,15H. The average molecular weight is 339 g/mol. The molecule has 2 aromatic carbocycles. The van der Waals surface area contributed by atoms with Gasteiger partial charge in [-0.2, -0.15) is 0 Å². The van der Waals surface area contributed by atoms with Crippen molar-refractivity contribution in [3.8, 4) is 11.1 Å². The fourth-order valence-electron chi connectivity index (χ4n) is 1.97. The van der Waals surface area contributed by atoms with Gasteiger partial charge in [-0.05, 0) is 54.2 Å². The Bertz CT molecular complexity index is 549.